The first-order valence-electron chi connectivity index (χ1n) is 13.6. The molecule has 5 aliphatic rings. The zero-order valence-electron chi connectivity index (χ0n) is 21.9. The monoisotopic (exact) mass is 426 g/mol. The van der Waals surface area contributed by atoms with E-state index in [0.29, 0.717) is 33.0 Å². The lowest BCUT2D eigenvalue weighted by molar-refractivity contribution is -0.228. The standard InChI is InChI=1S/C30H50O/c1-25(2)15-16-27(5)17-18-29(7)20(21(27)19-25)9-10-23-28(6)13-12-24(31)26(3,4)22(28)11-14-30(23,29)8/h19-20,22-24,31H,9-18H2,1-8H3/t20-,22+,23+,24-,27+,28-,29+,30+/m0/s1. The minimum atomic E-state index is -0.119. The summed E-state index contributed by atoms with van der Waals surface area (Å²) in [6, 6.07) is 0. The number of aliphatic hydroxyl groups is 1. The van der Waals surface area contributed by atoms with Crippen LogP contribution in [0, 0.1) is 50.2 Å². The van der Waals surface area contributed by atoms with Crippen LogP contribution < -0.4 is 0 Å². The van der Waals surface area contributed by atoms with Gasteiger partial charge in [-0.25, -0.2) is 0 Å². The molecule has 5 rings (SSSR count). The Hall–Kier alpha value is -0.300. The third-order valence-corrected chi connectivity index (χ3v) is 13.0. The molecule has 0 saturated heterocycles. The summed E-state index contributed by atoms with van der Waals surface area (Å²) in [7, 11) is 0. The van der Waals surface area contributed by atoms with Crippen molar-refractivity contribution in [3.05, 3.63) is 11.6 Å². The molecule has 1 N–H and O–H groups in total. The summed E-state index contributed by atoms with van der Waals surface area (Å²) in [6.07, 6.45) is 15.9. The Bertz CT molecular complexity index is 790. The highest BCUT2D eigenvalue weighted by Crippen LogP contribution is 2.76. The third kappa shape index (κ3) is 2.77. The van der Waals surface area contributed by atoms with Crippen molar-refractivity contribution < 1.29 is 5.11 Å². The lowest BCUT2D eigenvalue weighted by Gasteiger charge is -2.72. The van der Waals surface area contributed by atoms with Gasteiger partial charge in [-0.2, -0.15) is 0 Å². The van der Waals surface area contributed by atoms with Crippen LogP contribution in [-0.4, -0.2) is 11.2 Å². The Balaban J connectivity index is 1.56. The number of hydrogen-bond acceptors (Lipinski definition) is 1. The van der Waals surface area contributed by atoms with Gasteiger partial charge in [0.25, 0.3) is 0 Å². The first-order chi connectivity index (χ1) is 14.2. The topological polar surface area (TPSA) is 20.2 Å². The molecule has 0 heterocycles. The number of rotatable bonds is 0. The van der Waals surface area contributed by atoms with Gasteiger partial charge in [0.2, 0.25) is 0 Å². The summed E-state index contributed by atoms with van der Waals surface area (Å²) in [6.45, 7) is 20.4. The Morgan fingerprint density at radius 1 is 0.677 bits per heavy atom. The lowest BCUT2D eigenvalue weighted by atomic mass is 9.32. The molecule has 8 atom stereocenters. The van der Waals surface area contributed by atoms with Gasteiger partial charge in [-0.1, -0.05) is 67.0 Å². The minimum absolute atomic E-state index is 0.0626. The van der Waals surface area contributed by atoms with Crippen molar-refractivity contribution in [3.8, 4) is 0 Å². The van der Waals surface area contributed by atoms with E-state index < -0.39 is 0 Å². The molecule has 4 fully saturated rings. The average molecular weight is 427 g/mol. The lowest BCUT2D eigenvalue weighted by Crippen LogP contribution is -2.65. The fourth-order valence-corrected chi connectivity index (χ4v) is 10.6. The maximum atomic E-state index is 10.9. The molecule has 5 aliphatic carbocycles. The molecule has 1 heteroatoms. The zero-order valence-corrected chi connectivity index (χ0v) is 21.9. The van der Waals surface area contributed by atoms with Gasteiger partial charge in [-0.3, -0.25) is 0 Å². The molecule has 0 aromatic carbocycles. The van der Waals surface area contributed by atoms with Crippen LogP contribution in [0.2, 0.25) is 0 Å². The van der Waals surface area contributed by atoms with Crippen molar-refractivity contribution in [2.45, 2.75) is 126 Å². The number of hydrogen-bond donors (Lipinski definition) is 1. The van der Waals surface area contributed by atoms with E-state index in [2.05, 4.69) is 61.5 Å². The molecule has 0 aliphatic heterocycles. The molecule has 0 unspecified atom stereocenters. The largest absolute Gasteiger partial charge is 0.393 e. The van der Waals surface area contributed by atoms with E-state index >= 15 is 0 Å². The van der Waals surface area contributed by atoms with Crippen molar-refractivity contribution >= 4 is 0 Å². The molecule has 176 valence electrons. The molecule has 0 aromatic heterocycles. The highest BCUT2D eigenvalue weighted by Gasteiger charge is 2.68. The third-order valence-electron chi connectivity index (χ3n) is 13.0. The van der Waals surface area contributed by atoms with Gasteiger partial charge in [0.05, 0.1) is 6.10 Å². The quantitative estimate of drug-likeness (QED) is 0.387. The summed E-state index contributed by atoms with van der Waals surface area (Å²) < 4.78 is 0. The maximum Gasteiger partial charge on any atom is 0.0594 e. The van der Waals surface area contributed by atoms with Gasteiger partial charge in [0, 0.05) is 0 Å². The van der Waals surface area contributed by atoms with E-state index in [1.165, 1.54) is 57.8 Å². The molecule has 0 bridgehead atoms. The van der Waals surface area contributed by atoms with Crippen molar-refractivity contribution in [3.63, 3.8) is 0 Å². The first-order valence-corrected chi connectivity index (χ1v) is 13.6. The Labute approximate surface area is 192 Å². The predicted octanol–water partition coefficient (Wildman–Crippen LogP) is 8.17. The van der Waals surface area contributed by atoms with E-state index in [0.717, 1.165) is 18.3 Å². The van der Waals surface area contributed by atoms with Gasteiger partial charge in [-0.15, -0.1) is 0 Å². The minimum Gasteiger partial charge on any atom is -0.393 e. The van der Waals surface area contributed by atoms with Crippen LogP contribution >= 0.6 is 0 Å². The van der Waals surface area contributed by atoms with Crippen LogP contribution in [0.3, 0.4) is 0 Å². The van der Waals surface area contributed by atoms with Crippen LogP contribution in [0.1, 0.15) is 120 Å². The Morgan fingerprint density at radius 3 is 2.06 bits per heavy atom. The molecule has 31 heavy (non-hydrogen) atoms. The second kappa shape index (κ2) is 6.43. The smallest absolute Gasteiger partial charge is 0.0594 e. The van der Waals surface area contributed by atoms with Crippen molar-refractivity contribution in [2.75, 3.05) is 0 Å². The molecule has 0 aromatic rings. The first kappa shape index (κ1) is 22.5. The molecular formula is C30H50O. The van der Waals surface area contributed by atoms with Gasteiger partial charge in [0.1, 0.15) is 0 Å². The molecule has 0 radical (unpaired) electrons. The maximum absolute atomic E-state index is 10.9. The average Bonchev–Trinajstić information content (AvgIpc) is 2.67. The number of allylic oxidation sites excluding steroid dienone is 2. The summed E-state index contributed by atoms with van der Waals surface area (Å²) in [5, 5.41) is 10.9. The highest BCUT2D eigenvalue weighted by molar-refractivity contribution is 5.31. The second-order valence-electron chi connectivity index (χ2n) is 15.1. The number of fused-ring (bicyclic) bond motifs is 7. The normalized spacial score (nSPS) is 55.2. The molecule has 1 nitrogen and oxygen atoms in total. The van der Waals surface area contributed by atoms with Gasteiger partial charge < -0.3 is 5.11 Å². The van der Waals surface area contributed by atoms with Crippen LogP contribution in [-0.2, 0) is 0 Å². The van der Waals surface area contributed by atoms with Gasteiger partial charge in [-0.05, 0) is 114 Å². The van der Waals surface area contributed by atoms with Crippen LogP contribution in [0.4, 0.5) is 0 Å². The van der Waals surface area contributed by atoms with Crippen molar-refractivity contribution in [1.82, 2.24) is 0 Å². The fourth-order valence-electron chi connectivity index (χ4n) is 10.6. The van der Waals surface area contributed by atoms with Crippen LogP contribution in [0.5, 0.6) is 0 Å². The zero-order chi connectivity index (χ0) is 22.7. The van der Waals surface area contributed by atoms with Crippen LogP contribution in [0.25, 0.3) is 0 Å². The summed E-state index contributed by atoms with van der Waals surface area (Å²) in [4.78, 5) is 0. The Kier molecular flexibility index (Phi) is 4.66. The van der Waals surface area contributed by atoms with E-state index in [-0.39, 0.29) is 11.5 Å². The van der Waals surface area contributed by atoms with E-state index in [4.69, 9.17) is 0 Å². The summed E-state index contributed by atoms with van der Waals surface area (Å²) in [5.74, 6) is 2.27. The van der Waals surface area contributed by atoms with E-state index in [1.54, 1.807) is 0 Å². The van der Waals surface area contributed by atoms with Gasteiger partial charge >= 0.3 is 0 Å². The van der Waals surface area contributed by atoms with Crippen molar-refractivity contribution in [2.24, 2.45) is 50.2 Å². The summed E-state index contributed by atoms with van der Waals surface area (Å²) >= 11 is 0. The van der Waals surface area contributed by atoms with Crippen LogP contribution in [0.15, 0.2) is 11.6 Å². The predicted molar refractivity (Wildman–Crippen MR) is 131 cm³/mol. The molecule has 4 saturated carbocycles. The Morgan fingerprint density at radius 2 is 1.35 bits per heavy atom. The fraction of sp³-hybridized carbons (Fsp3) is 0.933. The molecule has 0 amide bonds. The molecule has 0 spiro atoms. The molecular weight excluding hydrogens is 376 g/mol. The van der Waals surface area contributed by atoms with E-state index in [9.17, 15) is 5.11 Å². The number of aliphatic hydroxyl groups excluding tert-OH is 1. The second-order valence-corrected chi connectivity index (χ2v) is 15.1. The summed E-state index contributed by atoms with van der Waals surface area (Å²) in [5.41, 5.74) is 4.02. The SMILES string of the molecule is CC1(C)C=C2[C@@H]3CC[C@@H]4[C@@]5(C)CC[C@H](O)C(C)(C)[C@H]5CC[C@@]4(C)[C@]3(C)CC[C@@]2(C)CC1. The van der Waals surface area contributed by atoms with Gasteiger partial charge in [0.15, 0.2) is 0 Å². The van der Waals surface area contributed by atoms with Crippen molar-refractivity contribution in [1.29, 1.82) is 0 Å². The van der Waals surface area contributed by atoms with E-state index in [1.807, 2.05) is 5.57 Å². The highest BCUT2D eigenvalue weighted by atomic mass is 16.3.